The Kier molecular flexibility index (Phi) is 8.81. The van der Waals surface area contributed by atoms with Crippen LogP contribution in [0.2, 0.25) is 18.1 Å². The number of furan rings is 1. The van der Waals surface area contributed by atoms with E-state index in [0.717, 1.165) is 35.7 Å². The van der Waals surface area contributed by atoms with Crippen molar-refractivity contribution in [3.63, 3.8) is 0 Å². The van der Waals surface area contributed by atoms with Crippen LogP contribution in [0, 0.1) is 28.6 Å². The van der Waals surface area contributed by atoms with Gasteiger partial charge in [0, 0.05) is 12.0 Å². The summed E-state index contributed by atoms with van der Waals surface area (Å²) in [6, 6.07) is 4.15. The molecule has 0 spiro atoms. The Hall–Kier alpha value is -0.653. The van der Waals surface area contributed by atoms with Crippen LogP contribution in [-0.2, 0) is 24.2 Å². The molecule has 0 unspecified atom stereocenters. The summed E-state index contributed by atoms with van der Waals surface area (Å²) in [5, 5.41) is 0.258. The maximum atomic E-state index is 13.1. The first-order valence-electron chi connectivity index (χ1n) is 16.5. The highest BCUT2D eigenvalue weighted by Crippen LogP contribution is 2.68. The molecule has 41 heavy (non-hydrogen) atoms. The third-order valence-electron chi connectivity index (χ3n) is 12.4. The molecule has 0 radical (unpaired) electrons. The quantitative estimate of drug-likeness (QED) is 0.159. The van der Waals surface area contributed by atoms with Crippen molar-refractivity contribution < 1.29 is 22.5 Å². The highest BCUT2D eigenvalue weighted by molar-refractivity contribution is 7.53. The van der Waals surface area contributed by atoms with E-state index >= 15 is 0 Å². The van der Waals surface area contributed by atoms with Gasteiger partial charge in [-0.05, 0) is 124 Å². The fraction of sp³-hybridized carbons (Fsp3) is 0.824. The molecule has 0 aromatic carbocycles. The molecular formula is C34H57O5PSi. The Labute approximate surface area is 251 Å². The van der Waals surface area contributed by atoms with Gasteiger partial charge in [0.15, 0.2) is 8.32 Å². The van der Waals surface area contributed by atoms with E-state index in [-0.39, 0.29) is 16.6 Å². The second-order valence-electron chi connectivity index (χ2n) is 15.6. The summed E-state index contributed by atoms with van der Waals surface area (Å²) in [6.45, 7) is 21.5. The molecule has 3 fully saturated rings. The van der Waals surface area contributed by atoms with E-state index in [1.807, 2.05) is 19.9 Å². The van der Waals surface area contributed by atoms with Gasteiger partial charge < -0.3 is 17.9 Å². The monoisotopic (exact) mass is 604 g/mol. The minimum Gasteiger partial charge on any atom is -0.465 e. The lowest BCUT2D eigenvalue weighted by molar-refractivity contribution is -0.0414. The molecule has 5 rings (SSSR count). The van der Waals surface area contributed by atoms with Gasteiger partial charge in [0.1, 0.15) is 17.7 Å². The van der Waals surface area contributed by atoms with Crippen LogP contribution in [0.5, 0.6) is 0 Å². The Balaban J connectivity index is 1.30. The fourth-order valence-corrected chi connectivity index (χ4v) is 12.2. The van der Waals surface area contributed by atoms with Crippen LogP contribution in [0.25, 0.3) is 0 Å². The molecule has 0 N–H and O–H groups in total. The van der Waals surface area contributed by atoms with E-state index in [2.05, 4.69) is 59.9 Å². The van der Waals surface area contributed by atoms with Crippen LogP contribution in [0.15, 0.2) is 28.2 Å². The number of hydrogen-bond donors (Lipinski definition) is 0. The first-order valence-corrected chi connectivity index (χ1v) is 21.1. The minimum absolute atomic E-state index is 0.207. The average Bonchev–Trinajstić information content (AvgIpc) is 3.46. The van der Waals surface area contributed by atoms with Crippen molar-refractivity contribution >= 4 is 15.9 Å². The van der Waals surface area contributed by atoms with Crippen molar-refractivity contribution in [1.29, 1.82) is 0 Å². The van der Waals surface area contributed by atoms with E-state index in [4.69, 9.17) is 17.9 Å². The topological polar surface area (TPSA) is 57.9 Å². The van der Waals surface area contributed by atoms with Crippen LogP contribution in [0.3, 0.4) is 0 Å². The molecule has 7 atom stereocenters. The number of rotatable bonds is 9. The second-order valence-corrected chi connectivity index (χ2v) is 22.4. The Morgan fingerprint density at radius 1 is 1.00 bits per heavy atom. The van der Waals surface area contributed by atoms with Gasteiger partial charge in [-0.3, -0.25) is 4.57 Å². The molecule has 7 heteroatoms. The number of allylic oxidation sites excluding steroid dienone is 1. The van der Waals surface area contributed by atoms with Crippen molar-refractivity contribution in [2.45, 2.75) is 136 Å². The van der Waals surface area contributed by atoms with Crippen LogP contribution in [-0.4, -0.2) is 27.6 Å². The fourth-order valence-electron chi connectivity index (χ4n) is 9.17. The van der Waals surface area contributed by atoms with Gasteiger partial charge in [-0.1, -0.05) is 46.3 Å². The Bertz CT molecular complexity index is 1160. The molecule has 5 nitrogen and oxygen atoms in total. The number of fused-ring (bicyclic) bond motifs is 5. The van der Waals surface area contributed by atoms with Crippen molar-refractivity contribution in [1.82, 2.24) is 0 Å². The van der Waals surface area contributed by atoms with E-state index < -0.39 is 15.9 Å². The first kappa shape index (κ1) is 31.8. The number of hydrogen-bond acceptors (Lipinski definition) is 5. The van der Waals surface area contributed by atoms with Gasteiger partial charge in [-0.25, -0.2) is 0 Å². The highest BCUT2D eigenvalue weighted by Gasteiger charge is 2.59. The predicted molar refractivity (Wildman–Crippen MR) is 170 cm³/mol. The minimum atomic E-state index is -3.18. The van der Waals surface area contributed by atoms with Crippen molar-refractivity contribution in [2.24, 2.45) is 28.6 Å². The van der Waals surface area contributed by atoms with Crippen LogP contribution in [0.4, 0.5) is 0 Å². The SMILES string of the molecule is CCOP(=O)(Cc1ccc([C@H]2CC[C@H]3[C@@H]4CC=C5C[C@@H](O[Si](C)(C)C(C)(C)C)CC[C@]5(C)[C@H]4CC[C@]23C)o1)OCC. The van der Waals surface area contributed by atoms with Gasteiger partial charge in [-0.2, -0.15) is 0 Å². The van der Waals surface area contributed by atoms with Crippen LogP contribution >= 0.6 is 7.60 Å². The Morgan fingerprint density at radius 2 is 1.71 bits per heavy atom. The summed E-state index contributed by atoms with van der Waals surface area (Å²) in [4.78, 5) is 0. The summed E-state index contributed by atoms with van der Waals surface area (Å²) >= 11 is 0. The first-order chi connectivity index (χ1) is 19.2. The maximum Gasteiger partial charge on any atom is 0.338 e. The summed E-state index contributed by atoms with van der Waals surface area (Å²) in [7, 11) is -4.94. The zero-order valence-electron chi connectivity index (χ0n) is 27.4. The van der Waals surface area contributed by atoms with Gasteiger partial charge >= 0.3 is 7.60 Å². The molecule has 4 aliphatic rings. The van der Waals surface area contributed by atoms with Gasteiger partial charge in [-0.15, -0.1) is 0 Å². The lowest BCUT2D eigenvalue weighted by atomic mass is 9.47. The second kappa shape index (κ2) is 11.4. The lowest BCUT2D eigenvalue weighted by Crippen LogP contribution is -2.51. The van der Waals surface area contributed by atoms with Gasteiger partial charge in [0.25, 0.3) is 0 Å². The molecule has 0 aliphatic heterocycles. The molecule has 0 saturated heterocycles. The van der Waals surface area contributed by atoms with Crippen LogP contribution < -0.4 is 0 Å². The molecule has 1 aromatic heterocycles. The molecule has 232 valence electrons. The smallest absolute Gasteiger partial charge is 0.338 e. The molecule has 0 bridgehead atoms. The molecule has 1 aromatic rings. The average molecular weight is 605 g/mol. The largest absolute Gasteiger partial charge is 0.465 e. The van der Waals surface area contributed by atoms with Crippen molar-refractivity contribution in [3.8, 4) is 0 Å². The standard InChI is InChI=1S/C34H57O5PSi/c1-10-36-40(35,37-11-2)23-26-13-17-31(38-26)30-16-15-28-27-14-12-24-22-25(39-41(8,9)32(3,4)5)18-20-33(24,6)29(27)19-21-34(28,30)7/h12-13,17,25,27-30H,10-11,14-16,18-23H2,1-9H3/t25-,27-,28-,29-,30+,33-,34-/m0/s1. The summed E-state index contributed by atoms with van der Waals surface area (Å²) in [5.41, 5.74) is 2.28. The van der Waals surface area contributed by atoms with E-state index in [9.17, 15) is 4.57 Å². The molecule has 3 saturated carbocycles. The molecule has 4 aliphatic carbocycles. The molecular weight excluding hydrogens is 547 g/mol. The van der Waals surface area contributed by atoms with Crippen LogP contribution in [0.1, 0.15) is 117 Å². The summed E-state index contributed by atoms with van der Waals surface area (Å²) in [6.07, 6.45) is 13.1. The maximum absolute atomic E-state index is 13.1. The molecule has 0 amide bonds. The van der Waals surface area contributed by atoms with Gasteiger partial charge in [0.2, 0.25) is 0 Å². The third-order valence-corrected chi connectivity index (χ3v) is 18.9. The van der Waals surface area contributed by atoms with Crippen molar-refractivity contribution in [3.05, 3.63) is 35.3 Å². The zero-order chi connectivity index (χ0) is 29.8. The van der Waals surface area contributed by atoms with Crippen molar-refractivity contribution in [2.75, 3.05) is 13.2 Å². The van der Waals surface area contributed by atoms with Gasteiger partial charge in [0.05, 0.1) is 13.2 Å². The summed E-state index contributed by atoms with van der Waals surface area (Å²) < 4.78 is 37.6. The molecule has 1 heterocycles. The van der Waals surface area contributed by atoms with E-state index in [1.165, 1.54) is 44.9 Å². The normalized spacial score (nSPS) is 35.9. The Morgan fingerprint density at radius 3 is 2.37 bits per heavy atom. The summed E-state index contributed by atoms with van der Waals surface area (Å²) in [5.74, 6) is 4.49. The highest BCUT2D eigenvalue weighted by atomic mass is 31.2. The van der Waals surface area contributed by atoms with E-state index in [0.29, 0.717) is 30.7 Å². The lowest BCUT2D eigenvalue weighted by Gasteiger charge is -2.58. The predicted octanol–water partition coefficient (Wildman–Crippen LogP) is 10.5. The zero-order valence-corrected chi connectivity index (χ0v) is 29.3. The van der Waals surface area contributed by atoms with E-state index in [1.54, 1.807) is 5.57 Å². The third kappa shape index (κ3) is 5.79.